The molecule has 0 radical (unpaired) electrons. The Morgan fingerprint density at radius 3 is 2.85 bits per heavy atom. The molecule has 0 spiro atoms. The number of rotatable bonds is 1. The van der Waals surface area contributed by atoms with Crippen LogP contribution in [0, 0.1) is 0 Å². The molecular weight excluding hydrogens is 212 g/mol. The first-order valence-corrected chi connectivity index (χ1v) is 6.17. The van der Waals surface area contributed by atoms with E-state index in [9.17, 15) is 8.42 Å². The topological polar surface area (TPSA) is 62.8 Å². The molecule has 1 aromatic rings. The number of sulfone groups is 1. The van der Waals surface area contributed by atoms with E-state index in [2.05, 4.69) is 9.97 Å². The molecule has 1 N–H and O–H groups in total. The predicted molar refractivity (Wildman–Crippen MR) is 49.6 cm³/mol. The van der Waals surface area contributed by atoms with Crippen molar-refractivity contribution in [2.75, 3.05) is 11.5 Å². The quantitative estimate of drug-likeness (QED) is 0.767. The normalized spacial score (nSPS) is 26.4. The molecule has 1 atom stereocenters. The van der Waals surface area contributed by atoms with Crippen LogP contribution in [-0.4, -0.2) is 29.9 Å². The fraction of sp³-hybridized carbons (Fsp3) is 0.571. The average molecular weight is 221 g/mol. The third-order valence-corrected chi connectivity index (χ3v) is 4.14. The van der Waals surface area contributed by atoms with E-state index in [1.54, 1.807) is 0 Å². The molecule has 0 aliphatic carbocycles. The van der Waals surface area contributed by atoms with Crippen LogP contribution in [0.5, 0.6) is 0 Å². The number of hydrogen-bond donors (Lipinski definition) is 1. The van der Waals surface area contributed by atoms with Crippen molar-refractivity contribution in [1.82, 2.24) is 9.97 Å². The summed E-state index contributed by atoms with van der Waals surface area (Å²) in [5, 5.41) is 0.458. The van der Waals surface area contributed by atoms with Gasteiger partial charge in [0.25, 0.3) is 0 Å². The first kappa shape index (κ1) is 9.02. The molecule has 0 amide bonds. The number of H-pyrrole nitrogens is 1. The Balaban J connectivity index is 2.21. The summed E-state index contributed by atoms with van der Waals surface area (Å²) in [7, 11) is -2.84. The molecule has 0 bridgehead atoms. The number of aromatic nitrogens is 2. The summed E-state index contributed by atoms with van der Waals surface area (Å²) in [5.74, 6) is 1.14. The number of halogens is 1. The molecule has 1 saturated heterocycles. The van der Waals surface area contributed by atoms with Crippen molar-refractivity contribution in [1.29, 1.82) is 0 Å². The summed E-state index contributed by atoms with van der Waals surface area (Å²) in [6.45, 7) is 0. The maximum atomic E-state index is 11.1. The molecule has 1 aromatic heterocycles. The van der Waals surface area contributed by atoms with Gasteiger partial charge in [-0.05, 0) is 6.42 Å². The summed E-state index contributed by atoms with van der Waals surface area (Å²) in [6, 6.07) is 0. The maximum Gasteiger partial charge on any atom is 0.151 e. The fourth-order valence-corrected chi connectivity index (χ4v) is 3.42. The number of nitrogens with one attached hydrogen (secondary N) is 1. The van der Waals surface area contributed by atoms with Gasteiger partial charge in [0.05, 0.1) is 17.7 Å². The largest absolute Gasteiger partial charge is 0.333 e. The molecular formula is C7H9ClN2O2S. The molecule has 6 heteroatoms. The third kappa shape index (κ3) is 1.86. The monoisotopic (exact) mass is 220 g/mol. The Hall–Kier alpha value is -0.550. The highest BCUT2D eigenvalue weighted by Crippen LogP contribution is 2.27. The first-order valence-electron chi connectivity index (χ1n) is 3.98. The summed E-state index contributed by atoms with van der Waals surface area (Å²) in [6.07, 6.45) is 2.15. The highest BCUT2D eigenvalue weighted by molar-refractivity contribution is 7.91. The lowest BCUT2D eigenvalue weighted by atomic mass is 10.1. The van der Waals surface area contributed by atoms with E-state index < -0.39 is 9.84 Å². The van der Waals surface area contributed by atoms with E-state index in [4.69, 9.17) is 11.6 Å². The number of hydrogen-bond acceptors (Lipinski definition) is 3. The zero-order chi connectivity index (χ0) is 9.47. The molecule has 13 heavy (non-hydrogen) atoms. The lowest BCUT2D eigenvalue weighted by Gasteiger charge is -2.01. The maximum absolute atomic E-state index is 11.1. The van der Waals surface area contributed by atoms with Gasteiger partial charge in [-0.15, -0.1) is 0 Å². The van der Waals surface area contributed by atoms with E-state index in [1.165, 1.54) is 6.20 Å². The number of aromatic amines is 1. The van der Waals surface area contributed by atoms with Gasteiger partial charge in [-0.1, -0.05) is 11.6 Å². The van der Waals surface area contributed by atoms with Gasteiger partial charge >= 0.3 is 0 Å². The van der Waals surface area contributed by atoms with Crippen molar-refractivity contribution >= 4 is 21.4 Å². The van der Waals surface area contributed by atoms with Crippen LogP contribution in [0.4, 0.5) is 0 Å². The third-order valence-electron chi connectivity index (χ3n) is 2.18. The predicted octanol–water partition coefficient (Wildman–Crippen LogP) is 0.965. The minimum absolute atomic E-state index is 0.00231. The second-order valence-electron chi connectivity index (χ2n) is 3.22. The van der Waals surface area contributed by atoms with E-state index in [0.29, 0.717) is 17.4 Å². The Morgan fingerprint density at radius 2 is 2.38 bits per heavy atom. The van der Waals surface area contributed by atoms with Crippen LogP contribution in [0.2, 0.25) is 5.15 Å². The Bertz CT molecular complexity index is 412. The summed E-state index contributed by atoms with van der Waals surface area (Å²) in [5.41, 5.74) is 0. The molecule has 0 aromatic carbocycles. The van der Waals surface area contributed by atoms with Gasteiger partial charge < -0.3 is 4.98 Å². The molecule has 0 saturated carbocycles. The average Bonchev–Trinajstić information content (AvgIpc) is 2.56. The van der Waals surface area contributed by atoms with Gasteiger partial charge in [0.2, 0.25) is 0 Å². The van der Waals surface area contributed by atoms with Crippen molar-refractivity contribution in [2.45, 2.75) is 12.3 Å². The lowest BCUT2D eigenvalue weighted by molar-refractivity contribution is 0.601. The highest BCUT2D eigenvalue weighted by Gasteiger charge is 2.30. The summed E-state index contributed by atoms with van der Waals surface area (Å²) >= 11 is 5.64. The molecule has 72 valence electrons. The van der Waals surface area contributed by atoms with E-state index in [0.717, 1.165) is 0 Å². The smallest absolute Gasteiger partial charge is 0.151 e. The standard InChI is InChI=1S/C7H9ClN2O2S/c8-6-3-9-7(10-6)5-1-2-13(11,12)4-5/h3,5H,1-2,4H2,(H,9,10). The number of imidazole rings is 1. The van der Waals surface area contributed by atoms with Crippen molar-refractivity contribution < 1.29 is 8.42 Å². The summed E-state index contributed by atoms with van der Waals surface area (Å²) < 4.78 is 22.3. The van der Waals surface area contributed by atoms with Gasteiger partial charge in [0.1, 0.15) is 11.0 Å². The molecule has 1 fully saturated rings. The zero-order valence-corrected chi connectivity index (χ0v) is 8.40. The Labute approximate surface area is 81.2 Å². The number of nitrogens with zero attached hydrogens (tertiary/aromatic N) is 1. The minimum atomic E-state index is -2.84. The van der Waals surface area contributed by atoms with E-state index in [-0.39, 0.29) is 17.4 Å². The Kier molecular flexibility index (Phi) is 2.08. The molecule has 1 aliphatic heterocycles. The lowest BCUT2D eigenvalue weighted by Crippen LogP contribution is -2.04. The molecule has 2 heterocycles. The van der Waals surface area contributed by atoms with Crippen LogP contribution in [0.1, 0.15) is 18.2 Å². The van der Waals surface area contributed by atoms with Crippen LogP contribution in [0.15, 0.2) is 6.20 Å². The second-order valence-corrected chi connectivity index (χ2v) is 5.85. The van der Waals surface area contributed by atoms with E-state index >= 15 is 0 Å². The molecule has 1 aliphatic rings. The fourth-order valence-electron chi connectivity index (χ4n) is 1.53. The zero-order valence-electron chi connectivity index (χ0n) is 6.83. The van der Waals surface area contributed by atoms with Crippen LogP contribution >= 0.6 is 11.6 Å². The molecule has 2 rings (SSSR count). The highest BCUT2D eigenvalue weighted by atomic mass is 35.5. The van der Waals surface area contributed by atoms with Gasteiger partial charge in [-0.25, -0.2) is 13.4 Å². The SMILES string of the molecule is O=S1(=O)CCC(c2ncc(Cl)[nH]2)C1. The van der Waals surface area contributed by atoms with Crippen LogP contribution < -0.4 is 0 Å². The van der Waals surface area contributed by atoms with Crippen molar-refractivity contribution in [3.05, 3.63) is 17.2 Å². The minimum Gasteiger partial charge on any atom is -0.333 e. The van der Waals surface area contributed by atoms with Gasteiger partial charge in [-0.2, -0.15) is 0 Å². The Morgan fingerprint density at radius 1 is 1.62 bits per heavy atom. The second kappa shape index (κ2) is 2.99. The van der Waals surface area contributed by atoms with E-state index in [1.807, 2.05) is 0 Å². The first-order chi connectivity index (χ1) is 6.07. The van der Waals surface area contributed by atoms with Crippen LogP contribution in [0.3, 0.4) is 0 Å². The molecule has 4 nitrogen and oxygen atoms in total. The van der Waals surface area contributed by atoms with Crippen LogP contribution in [0.25, 0.3) is 0 Å². The van der Waals surface area contributed by atoms with Crippen molar-refractivity contribution in [2.24, 2.45) is 0 Å². The van der Waals surface area contributed by atoms with Gasteiger partial charge in [0.15, 0.2) is 9.84 Å². The van der Waals surface area contributed by atoms with Crippen molar-refractivity contribution in [3.8, 4) is 0 Å². The molecule has 1 unspecified atom stereocenters. The van der Waals surface area contributed by atoms with Crippen LogP contribution in [-0.2, 0) is 9.84 Å². The van der Waals surface area contributed by atoms with Gasteiger partial charge in [0, 0.05) is 5.92 Å². The summed E-state index contributed by atoms with van der Waals surface area (Å²) in [4.78, 5) is 6.86. The van der Waals surface area contributed by atoms with Gasteiger partial charge in [-0.3, -0.25) is 0 Å². The van der Waals surface area contributed by atoms with Crippen molar-refractivity contribution in [3.63, 3.8) is 0 Å².